The number of rotatable bonds is 4. The molecule has 1 saturated carbocycles. The molecule has 1 aliphatic rings. The quantitative estimate of drug-likeness (QED) is 0.821. The van der Waals surface area contributed by atoms with Crippen LogP contribution in [0.1, 0.15) is 38.7 Å². The van der Waals surface area contributed by atoms with Gasteiger partial charge in [-0.15, -0.1) is 0 Å². The highest BCUT2D eigenvalue weighted by molar-refractivity contribution is 6.30. The van der Waals surface area contributed by atoms with Crippen LogP contribution >= 0.6 is 11.6 Å². The van der Waals surface area contributed by atoms with Gasteiger partial charge in [-0.25, -0.2) is 0 Å². The van der Waals surface area contributed by atoms with Gasteiger partial charge in [-0.3, -0.25) is 0 Å². The van der Waals surface area contributed by atoms with Crippen molar-refractivity contribution < 1.29 is 0 Å². The van der Waals surface area contributed by atoms with E-state index >= 15 is 0 Å². The molecule has 1 atom stereocenters. The summed E-state index contributed by atoms with van der Waals surface area (Å²) in [5, 5.41) is 4.54. The van der Waals surface area contributed by atoms with Gasteiger partial charge in [0.15, 0.2) is 0 Å². The second-order valence-corrected chi connectivity index (χ2v) is 4.98. The lowest BCUT2D eigenvalue weighted by atomic mass is 10.0. The van der Waals surface area contributed by atoms with Gasteiger partial charge in [-0.05, 0) is 43.9 Å². The summed E-state index contributed by atoms with van der Waals surface area (Å²) >= 11 is 6.02. The van der Waals surface area contributed by atoms with E-state index < -0.39 is 0 Å². The van der Waals surface area contributed by atoms with Crippen LogP contribution in [0.4, 0.5) is 0 Å². The highest BCUT2D eigenvalue weighted by atomic mass is 35.5. The summed E-state index contributed by atoms with van der Waals surface area (Å²) in [7, 11) is 0. The average molecular weight is 224 g/mol. The molecule has 0 aliphatic heterocycles. The van der Waals surface area contributed by atoms with Crippen molar-refractivity contribution >= 4 is 11.6 Å². The van der Waals surface area contributed by atoms with Crippen LogP contribution in [0.3, 0.4) is 0 Å². The molecule has 0 aromatic heterocycles. The summed E-state index contributed by atoms with van der Waals surface area (Å²) in [5.41, 5.74) is 1.57. The van der Waals surface area contributed by atoms with Crippen LogP contribution in [0.5, 0.6) is 0 Å². The standard InChI is InChI=1S/C13H18ClN/c1-3-10(2)15-13(7-8-13)11-5-4-6-12(14)9-11/h4-6,9-10,15H,3,7-8H2,1-2H3. The van der Waals surface area contributed by atoms with Crippen molar-refractivity contribution in [1.82, 2.24) is 5.32 Å². The van der Waals surface area contributed by atoms with Gasteiger partial charge in [-0.2, -0.15) is 0 Å². The molecule has 2 rings (SSSR count). The first-order valence-corrected chi connectivity index (χ1v) is 6.08. The number of nitrogens with one attached hydrogen (secondary N) is 1. The summed E-state index contributed by atoms with van der Waals surface area (Å²) in [6, 6.07) is 8.81. The Labute approximate surface area is 96.8 Å². The Morgan fingerprint density at radius 3 is 2.73 bits per heavy atom. The Balaban J connectivity index is 2.16. The monoisotopic (exact) mass is 223 g/mol. The first kappa shape index (κ1) is 11.0. The summed E-state index contributed by atoms with van der Waals surface area (Å²) in [6.07, 6.45) is 3.64. The molecule has 1 unspecified atom stereocenters. The van der Waals surface area contributed by atoms with Crippen LogP contribution in [0, 0.1) is 0 Å². The second-order valence-electron chi connectivity index (χ2n) is 4.55. The van der Waals surface area contributed by atoms with Crippen LogP contribution in [-0.2, 0) is 5.54 Å². The van der Waals surface area contributed by atoms with Gasteiger partial charge in [0.2, 0.25) is 0 Å². The molecular weight excluding hydrogens is 206 g/mol. The Kier molecular flexibility index (Phi) is 3.03. The Bertz CT molecular complexity index is 344. The van der Waals surface area contributed by atoms with Crippen molar-refractivity contribution in [3.8, 4) is 0 Å². The largest absolute Gasteiger partial charge is 0.305 e. The predicted molar refractivity (Wildman–Crippen MR) is 65.3 cm³/mol. The summed E-state index contributed by atoms with van der Waals surface area (Å²) in [6.45, 7) is 4.45. The molecule has 15 heavy (non-hydrogen) atoms. The van der Waals surface area contributed by atoms with E-state index in [0.29, 0.717) is 6.04 Å². The van der Waals surface area contributed by atoms with E-state index in [1.165, 1.54) is 24.8 Å². The minimum absolute atomic E-state index is 0.223. The fourth-order valence-electron chi connectivity index (χ4n) is 2.00. The van der Waals surface area contributed by atoms with Crippen LogP contribution < -0.4 is 5.32 Å². The maximum absolute atomic E-state index is 6.02. The van der Waals surface area contributed by atoms with Crippen LogP contribution in [0.25, 0.3) is 0 Å². The first-order chi connectivity index (χ1) is 7.16. The molecular formula is C13H18ClN. The van der Waals surface area contributed by atoms with Crippen molar-refractivity contribution in [2.24, 2.45) is 0 Å². The van der Waals surface area contributed by atoms with E-state index in [2.05, 4.69) is 31.3 Å². The van der Waals surface area contributed by atoms with Gasteiger partial charge in [0.1, 0.15) is 0 Å². The average Bonchev–Trinajstić information content (AvgIpc) is 2.99. The smallest absolute Gasteiger partial charge is 0.0438 e. The Morgan fingerprint density at radius 1 is 1.47 bits per heavy atom. The van der Waals surface area contributed by atoms with E-state index in [4.69, 9.17) is 11.6 Å². The van der Waals surface area contributed by atoms with E-state index in [0.717, 1.165) is 5.02 Å². The van der Waals surface area contributed by atoms with Gasteiger partial charge in [-0.1, -0.05) is 30.7 Å². The highest BCUT2D eigenvalue weighted by Crippen LogP contribution is 2.46. The third-order valence-corrected chi connectivity index (χ3v) is 3.50. The summed E-state index contributed by atoms with van der Waals surface area (Å²) in [5.74, 6) is 0. The molecule has 1 fully saturated rings. The van der Waals surface area contributed by atoms with Crippen molar-refractivity contribution in [2.45, 2.75) is 44.7 Å². The van der Waals surface area contributed by atoms with Gasteiger partial charge >= 0.3 is 0 Å². The van der Waals surface area contributed by atoms with Crippen LogP contribution in [-0.4, -0.2) is 6.04 Å². The van der Waals surface area contributed by atoms with Crippen molar-refractivity contribution in [2.75, 3.05) is 0 Å². The van der Waals surface area contributed by atoms with Gasteiger partial charge in [0.05, 0.1) is 0 Å². The molecule has 0 saturated heterocycles. The number of benzene rings is 1. The van der Waals surface area contributed by atoms with E-state index in [-0.39, 0.29) is 5.54 Å². The predicted octanol–water partition coefficient (Wildman–Crippen LogP) is 3.72. The molecule has 0 heterocycles. The van der Waals surface area contributed by atoms with Crippen molar-refractivity contribution in [3.05, 3.63) is 34.9 Å². The molecule has 1 nitrogen and oxygen atoms in total. The Morgan fingerprint density at radius 2 is 2.20 bits per heavy atom. The normalized spacial score (nSPS) is 19.9. The molecule has 1 N–H and O–H groups in total. The number of hydrogen-bond donors (Lipinski definition) is 1. The maximum atomic E-state index is 6.02. The van der Waals surface area contributed by atoms with Crippen LogP contribution in [0.2, 0.25) is 5.02 Å². The lowest BCUT2D eigenvalue weighted by Crippen LogP contribution is -2.36. The molecule has 1 aromatic carbocycles. The minimum atomic E-state index is 0.223. The number of hydrogen-bond acceptors (Lipinski definition) is 1. The highest BCUT2D eigenvalue weighted by Gasteiger charge is 2.44. The molecule has 0 radical (unpaired) electrons. The molecule has 2 heteroatoms. The molecule has 1 aliphatic carbocycles. The molecule has 1 aromatic rings. The molecule has 0 amide bonds. The van der Waals surface area contributed by atoms with Gasteiger partial charge in [0, 0.05) is 16.6 Å². The first-order valence-electron chi connectivity index (χ1n) is 5.70. The van der Waals surface area contributed by atoms with Gasteiger partial charge < -0.3 is 5.32 Å². The third kappa shape index (κ3) is 2.35. The van der Waals surface area contributed by atoms with Gasteiger partial charge in [0.25, 0.3) is 0 Å². The SMILES string of the molecule is CCC(C)NC1(c2cccc(Cl)c2)CC1. The minimum Gasteiger partial charge on any atom is -0.305 e. The van der Waals surface area contributed by atoms with E-state index in [9.17, 15) is 0 Å². The fraction of sp³-hybridized carbons (Fsp3) is 0.538. The second kappa shape index (κ2) is 4.15. The number of halogens is 1. The molecule has 82 valence electrons. The Hall–Kier alpha value is -0.530. The zero-order valence-electron chi connectivity index (χ0n) is 9.39. The maximum Gasteiger partial charge on any atom is 0.0438 e. The molecule has 0 spiro atoms. The van der Waals surface area contributed by atoms with Crippen molar-refractivity contribution in [3.63, 3.8) is 0 Å². The van der Waals surface area contributed by atoms with Crippen molar-refractivity contribution in [1.29, 1.82) is 0 Å². The zero-order valence-corrected chi connectivity index (χ0v) is 10.1. The molecule has 0 bridgehead atoms. The van der Waals surface area contributed by atoms with Crippen LogP contribution in [0.15, 0.2) is 24.3 Å². The van der Waals surface area contributed by atoms with E-state index in [1.807, 2.05) is 12.1 Å². The van der Waals surface area contributed by atoms with E-state index in [1.54, 1.807) is 0 Å². The summed E-state index contributed by atoms with van der Waals surface area (Å²) in [4.78, 5) is 0. The summed E-state index contributed by atoms with van der Waals surface area (Å²) < 4.78 is 0. The zero-order chi connectivity index (χ0) is 10.9. The lowest BCUT2D eigenvalue weighted by molar-refractivity contribution is 0.431. The lowest BCUT2D eigenvalue weighted by Gasteiger charge is -2.22. The third-order valence-electron chi connectivity index (χ3n) is 3.26. The topological polar surface area (TPSA) is 12.0 Å². The fourth-order valence-corrected chi connectivity index (χ4v) is 2.19.